The number of carbonyl (C=O) groups is 1. The molecular weight excluding hydrogens is 468 g/mol. The summed E-state index contributed by atoms with van der Waals surface area (Å²) >= 11 is 0. The van der Waals surface area contributed by atoms with Crippen LogP contribution in [0.25, 0.3) is 11.1 Å². The van der Waals surface area contributed by atoms with Crippen LogP contribution in [0.2, 0.25) is 0 Å². The number of fused-ring (bicyclic) bond motifs is 1. The number of rotatable bonds is 10. The van der Waals surface area contributed by atoms with Crippen LogP contribution >= 0.6 is 0 Å². The number of nitrogens with one attached hydrogen (secondary N) is 2. The van der Waals surface area contributed by atoms with Crippen LogP contribution in [0.3, 0.4) is 0 Å². The number of H-pyrrole nitrogens is 1. The SMILES string of the molecule is Cc1ncc([C@H](CC(=O)NC[C@H](Cc2ccc3[nH]c(=O)oc3c2C)N(C)C)C2(C(C)(F)F)CC2)cn1. The van der Waals surface area contributed by atoms with Gasteiger partial charge in [0.25, 0.3) is 5.92 Å². The highest BCUT2D eigenvalue weighted by Gasteiger charge is 2.63. The average Bonchev–Trinajstić information content (AvgIpc) is 3.53. The number of nitrogens with zero attached hydrogens (tertiary/aromatic N) is 3. The molecule has 2 atom stereocenters. The number of aromatic nitrogens is 3. The predicted molar refractivity (Wildman–Crippen MR) is 132 cm³/mol. The van der Waals surface area contributed by atoms with Gasteiger partial charge in [-0.15, -0.1) is 0 Å². The molecule has 1 amide bonds. The minimum absolute atomic E-state index is 0.0561. The molecule has 2 aromatic heterocycles. The molecule has 8 nitrogen and oxygen atoms in total. The molecule has 194 valence electrons. The largest absolute Gasteiger partial charge is 0.417 e. The zero-order valence-electron chi connectivity index (χ0n) is 21.3. The molecule has 0 saturated heterocycles. The van der Waals surface area contributed by atoms with Crippen molar-refractivity contribution in [1.82, 2.24) is 25.2 Å². The normalized spacial score (nSPS) is 16.8. The van der Waals surface area contributed by atoms with Gasteiger partial charge in [-0.05, 0) is 76.9 Å². The van der Waals surface area contributed by atoms with Gasteiger partial charge in [0.05, 0.1) is 5.52 Å². The maximum atomic E-state index is 14.6. The number of benzene rings is 1. The number of hydrogen-bond donors (Lipinski definition) is 2. The molecule has 1 saturated carbocycles. The lowest BCUT2D eigenvalue weighted by Crippen LogP contribution is -2.43. The highest BCUT2D eigenvalue weighted by atomic mass is 19.3. The Balaban J connectivity index is 1.47. The van der Waals surface area contributed by atoms with E-state index >= 15 is 0 Å². The van der Waals surface area contributed by atoms with Crippen molar-refractivity contribution in [3.05, 3.63) is 57.6 Å². The molecule has 1 aliphatic rings. The minimum Gasteiger partial charge on any atom is -0.408 e. The van der Waals surface area contributed by atoms with E-state index in [4.69, 9.17) is 4.42 Å². The van der Waals surface area contributed by atoms with E-state index in [9.17, 15) is 18.4 Å². The maximum absolute atomic E-state index is 14.6. The molecule has 0 spiro atoms. The summed E-state index contributed by atoms with van der Waals surface area (Å²) in [4.78, 5) is 37.6. The number of alkyl halides is 2. The molecule has 0 radical (unpaired) electrons. The molecule has 4 rings (SSSR count). The Labute approximate surface area is 208 Å². The van der Waals surface area contributed by atoms with Gasteiger partial charge in [-0.3, -0.25) is 9.78 Å². The van der Waals surface area contributed by atoms with Gasteiger partial charge in [-0.1, -0.05) is 6.07 Å². The van der Waals surface area contributed by atoms with Gasteiger partial charge in [0, 0.05) is 42.7 Å². The first-order chi connectivity index (χ1) is 16.9. The van der Waals surface area contributed by atoms with Crippen LogP contribution in [0.1, 0.15) is 54.6 Å². The van der Waals surface area contributed by atoms with E-state index in [1.165, 1.54) is 0 Å². The first-order valence-corrected chi connectivity index (χ1v) is 12.1. The van der Waals surface area contributed by atoms with Crippen LogP contribution in [0.4, 0.5) is 8.78 Å². The van der Waals surface area contributed by atoms with Crippen LogP contribution in [0.15, 0.2) is 33.7 Å². The topological polar surface area (TPSA) is 104 Å². The van der Waals surface area contributed by atoms with Crippen LogP contribution in [0.5, 0.6) is 0 Å². The first-order valence-electron chi connectivity index (χ1n) is 12.1. The number of hydrogen-bond acceptors (Lipinski definition) is 6. The standard InChI is InChI=1S/C26H33F2N5O3/c1-15-17(6-7-21-23(15)36-24(35)32-21)10-19(33(4)5)14-31-22(34)11-20(18-12-29-16(2)30-13-18)26(8-9-26)25(3,27)28/h6-7,12-13,19-20H,8-11,14H2,1-5H3,(H,31,34)(H,32,35)/t19-,20-/m0/s1. The summed E-state index contributed by atoms with van der Waals surface area (Å²) in [5.41, 5.74) is 2.34. The Bertz CT molecular complexity index is 1290. The van der Waals surface area contributed by atoms with E-state index in [2.05, 4.69) is 20.3 Å². The van der Waals surface area contributed by atoms with Gasteiger partial charge in [-0.2, -0.15) is 0 Å². The van der Waals surface area contributed by atoms with Crippen LogP contribution in [0, 0.1) is 19.3 Å². The molecule has 0 bridgehead atoms. The summed E-state index contributed by atoms with van der Waals surface area (Å²) in [6.07, 6.45) is 4.39. The monoisotopic (exact) mass is 501 g/mol. The molecule has 36 heavy (non-hydrogen) atoms. The summed E-state index contributed by atoms with van der Waals surface area (Å²) < 4.78 is 34.5. The highest BCUT2D eigenvalue weighted by Crippen LogP contribution is 2.65. The van der Waals surface area contributed by atoms with Crippen molar-refractivity contribution in [2.75, 3.05) is 20.6 Å². The Morgan fingerprint density at radius 3 is 2.50 bits per heavy atom. The third-order valence-electron chi connectivity index (χ3n) is 7.59. The maximum Gasteiger partial charge on any atom is 0.417 e. The Kier molecular flexibility index (Phi) is 7.01. The van der Waals surface area contributed by atoms with Crippen molar-refractivity contribution in [2.24, 2.45) is 5.41 Å². The summed E-state index contributed by atoms with van der Waals surface area (Å²) in [6, 6.07) is 3.69. The number of halogens is 2. The van der Waals surface area contributed by atoms with Gasteiger partial charge < -0.3 is 14.6 Å². The first kappa shape index (κ1) is 25.9. The van der Waals surface area contributed by atoms with Crippen molar-refractivity contribution in [1.29, 1.82) is 0 Å². The van der Waals surface area contributed by atoms with Crippen LogP contribution in [-0.4, -0.2) is 58.4 Å². The summed E-state index contributed by atoms with van der Waals surface area (Å²) in [5.74, 6) is -3.82. The van der Waals surface area contributed by atoms with Gasteiger partial charge >= 0.3 is 5.76 Å². The van der Waals surface area contributed by atoms with Gasteiger partial charge in [-0.25, -0.2) is 23.5 Å². The van der Waals surface area contributed by atoms with E-state index in [1.54, 1.807) is 19.3 Å². The molecule has 10 heteroatoms. The molecule has 1 aliphatic carbocycles. The fourth-order valence-corrected chi connectivity index (χ4v) is 5.03. The van der Waals surface area contributed by atoms with Gasteiger partial charge in [0.2, 0.25) is 5.91 Å². The molecular formula is C26H33F2N5O3. The number of amides is 1. The van der Waals surface area contributed by atoms with E-state index < -0.39 is 23.0 Å². The number of aromatic amines is 1. The fraction of sp³-hybridized carbons (Fsp3) is 0.538. The van der Waals surface area contributed by atoms with Crippen molar-refractivity contribution >= 4 is 17.0 Å². The Morgan fingerprint density at radius 2 is 1.92 bits per heavy atom. The second-order valence-corrected chi connectivity index (χ2v) is 10.2. The zero-order chi connectivity index (χ0) is 26.3. The predicted octanol–water partition coefficient (Wildman–Crippen LogP) is 3.73. The molecule has 3 aromatic rings. The number of oxazole rings is 1. The van der Waals surface area contributed by atoms with Crippen LogP contribution in [-0.2, 0) is 11.2 Å². The molecule has 2 N–H and O–H groups in total. The average molecular weight is 502 g/mol. The highest BCUT2D eigenvalue weighted by molar-refractivity contribution is 5.78. The minimum atomic E-state index is -2.92. The molecule has 1 aromatic carbocycles. The lowest BCUT2D eigenvalue weighted by molar-refractivity contribution is -0.123. The third kappa shape index (κ3) is 5.18. The lowest BCUT2D eigenvalue weighted by Gasteiger charge is -2.32. The second kappa shape index (κ2) is 9.72. The summed E-state index contributed by atoms with van der Waals surface area (Å²) in [6.45, 7) is 4.91. The molecule has 1 fully saturated rings. The third-order valence-corrected chi connectivity index (χ3v) is 7.59. The number of carbonyl (C=O) groups excluding carboxylic acids is 1. The molecule has 0 aliphatic heterocycles. The zero-order valence-corrected chi connectivity index (χ0v) is 21.3. The number of aryl methyl sites for hydroxylation is 2. The smallest absolute Gasteiger partial charge is 0.408 e. The van der Waals surface area contributed by atoms with Crippen molar-refractivity contribution in [2.45, 2.75) is 64.3 Å². The summed E-state index contributed by atoms with van der Waals surface area (Å²) in [7, 11) is 3.84. The number of likely N-dealkylation sites (N-methyl/N-ethyl adjacent to an activating group) is 1. The van der Waals surface area contributed by atoms with Crippen molar-refractivity contribution in [3.63, 3.8) is 0 Å². The van der Waals surface area contributed by atoms with E-state index in [0.29, 0.717) is 48.3 Å². The lowest BCUT2D eigenvalue weighted by atomic mass is 9.78. The van der Waals surface area contributed by atoms with Crippen molar-refractivity contribution < 1.29 is 18.0 Å². The summed E-state index contributed by atoms with van der Waals surface area (Å²) in [5, 5.41) is 2.96. The van der Waals surface area contributed by atoms with Crippen LogP contribution < -0.4 is 11.1 Å². The Morgan fingerprint density at radius 1 is 1.25 bits per heavy atom. The molecule has 2 heterocycles. The quantitative estimate of drug-likeness (QED) is 0.439. The molecule has 0 unspecified atom stereocenters. The second-order valence-electron chi connectivity index (χ2n) is 10.2. The van der Waals surface area contributed by atoms with E-state index in [1.807, 2.05) is 38.1 Å². The van der Waals surface area contributed by atoms with Crippen molar-refractivity contribution in [3.8, 4) is 0 Å². The van der Waals surface area contributed by atoms with Gasteiger partial charge in [0.15, 0.2) is 5.58 Å². The van der Waals surface area contributed by atoms with E-state index in [0.717, 1.165) is 18.1 Å². The fourth-order valence-electron chi connectivity index (χ4n) is 5.03. The van der Waals surface area contributed by atoms with Gasteiger partial charge in [0.1, 0.15) is 5.82 Å². The Hall–Kier alpha value is -3.14. The van der Waals surface area contributed by atoms with E-state index in [-0.39, 0.29) is 18.4 Å².